The van der Waals surface area contributed by atoms with Gasteiger partial charge < -0.3 is 14.2 Å². The summed E-state index contributed by atoms with van der Waals surface area (Å²) in [5.74, 6) is -0.857. The van der Waals surface area contributed by atoms with Gasteiger partial charge in [-0.15, -0.1) is 0 Å². The summed E-state index contributed by atoms with van der Waals surface area (Å²) in [5.41, 5.74) is 0. The number of esters is 3. The highest BCUT2D eigenvalue weighted by Crippen LogP contribution is 2.18. The Kier molecular flexibility index (Phi) is 65.6. The fourth-order valence-corrected chi connectivity index (χ4v) is 10.6. The number of carbonyl (C=O) groups is 3. The lowest BCUT2D eigenvalue weighted by molar-refractivity contribution is -0.167. The van der Waals surface area contributed by atoms with E-state index in [9.17, 15) is 14.4 Å². The van der Waals surface area contributed by atoms with Crippen LogP contribution < -0.4 is 0 Å². The number of hydrogen-bond acceptors (Lipinski definition) is 6. The van der Waals surface area contributed by atoms with Gasteiger partial charge >= 0.3 is 17.9 Å². The van der Waals surface area contributed by atoms with E-state index in [1.165, 1.54) is 257 Å². The van der Waals surface area contributed by atoms with E-state index in [0.29, 0.717) is 19.3 Å². The van der Waals surface area contributed by atoms with Crippen LogP contribution in [0.3, 0.4) is 0 Å². The number of hydrogen-bond donors (Lipinski definition) is 0. The van der Waals surface area contributed by atoms with E-state index in [1.807, 2.05) is 0 Å². The van der Waals surface area contributed by atoms with Gasteiger partial charge in [0.2, 0.25) is 0 Å². The van der Waals surface area contributed by atoms with Crippen molar-refractivity contribution in [3.05, 3.63) is 48.6 Å². The normalized spacial score (nSPS) is 12.3. The number of rotatable bonds is 65. The van der Waals surface area contributed by atoms with Crippen molar-refractivity contribution < 1.29 is 28.6 Å². The summed E-state index contributed by atoms with van der Waals surface area (Å²) in [6.45, 7) is 6.58. The molecule has 0 fully saturated rings. The fourth-order valence-electron chi connectivity index (χ4n) is 10.6. The van der Waals surface area contributed by atoms with Gasteiger partial charge in [0.25, 0.3) is 0 Å². The molecule has 0 radical (unpaired) electrons. The molecular formula is C73H134O6. The Balaban J connectivity index is 4.14. The minimum Gasteiger partial charge on any atom is -0.462 e. The molecule has 0 heterocycles. The van der Waals surface area contributed by atoms with E-state index < -0.39 is 6.10 Å². The van der Waals surface area contributed by atoms with Crippen molar-refractivity contribution in [3.8, 4) is 0 Å². The average molecular weight is 1110 g/mol. The third-order valence-corrected chi connectivity index (χ3v) is 15.8. The van der Waals surface area contributed by atoms with E-state index in [2.05, 4.69) is 69.4 Å². The molecule has 0 rings (SSSR count). The third kappa shape index (κ3) is 66.1. The molecule has 0 saturated heterocycles. The van der Waals surface area contributed by atoms with Gasteiger partial charge in [0.15, 0.2) is 6.10 Å². The monoisotopic (exact) mass is 1110 g/mol. The Labute approximate surface area is 492 Å². The van der Waals surface area contributed by atoms with Gasteiger partial charge in [-0.25, -0.2) is 0 Å². The number of carbonyl (C=O) groups excluding carboxylic acids is 3. The first kappa shape index (κ1) is 76.4. The maximum absolute atomic E-state index is 12.9. The Bertz CT molecular complexity index is 1360. The van der Waals surface area contributed by atoms with Crippen molar-refractivity contribution in [3.63, 3.8) is 0 Å². The summed E-state index contributed by atoms with van der Waals surface area (Å²) in [4.78, 5) is 38.4. The molecule has 0 aromatic carbocycles. The van der Waals surface area contributed by atoms with Crippen LogP contribution in [0.1, 0.15) is 380 Å². The van der Waals surface area contributed by atoms with Crippen molar-refractivity contribution in [2.75, 3.05) is 13.2 Å². The SMILES string of the molecule is CC/C=C\C/C=C\C/C=C\CCCCCCCCCC(=O)OC(COC(=O)CCCCCCCCCCCCCCC)COC(=O)CCCCCCCCCCCCCCCCCCCCC/C=C\CCCCCCCCCC. The van der Waals surface area contributed by atoms with Gasteiger partial charge in [0.05, 0.1) is 0 Å². The zero-order valence-electron chi connectivity index (χ0n) is 53.2. The molecule has 0 aromatic heterocycles. The lowest BCUT2D eigenvalue weighted by atomic mass is 10.0. The average Bonchev–Trinajstić information content (AvgIpc) is 3.45. The first-order chi connectivity index (χ1) is 39.0. The Morgan fingerprint density at radius 3 is 0.785 bits per heavy atom. The van der Waals surface area contributed by atoms with Gasteiger partial charge in [-0.05, 0) is 77.0 Å². The molecule has 462 valence electrons. The van der Waals surface area contributed by atoms with Crippen LogP contribution in [0.2, 0.25) is 0 Å². The van der Waals surface area contributed by atoms with Crippen LogP contribution in [0.4, 0.5) is 0 Å². The van der Waals surface area contributed by atoms with E-state index in [4.69, 9.17) is 14.2 Å². The third-order valence-electron chi connectivity index (χ3n) is 15.8. The van der Waals surface area contributed by atoms with E-state index in [1.54, 1.807) is 0 Å². The van der Waals surface area contributed by atoms with Crippen LogP contribution in [0.25, 0.3) is 0 Å². The topological polar surface area (TPSA) is 78.9 Å². The smallest absolute Gasteiger partial charge is 0.306 e. The summed E-state index contributed by atoms with van der Waals surface area (Å²) in [5, 5.41) is 0. The highest BCUT2D eigenvalue weighted by Gasteiger charge is 2.19. The molecule has 0 aromatic rings. The van der Waals surface area contributed by atoms with E-state index in [0.717, 1.165) is 83.5 Å². The van der Waals surface area contributed by atoms with Gasteiger partial charge in [-0.3, -0.25) is 14.4 Å². The Morgan fingerprint density at radius 2 is 0.494 bits per heavy atom. The fraction of sp³-hybridized carbons (Fsp3) is 0.849. The molecule has 0 amide bonds. The molecule has 6 heteroatoms. The highest BCUT2D eigenvalue weighted by atomic mass is 16.6. The molecular weight excluding hydrogens is 973 g/mol. The highest BCUT2D eigenvalue weighted by molar-refractivity contribution is 5.71. The van der Waals surface area contributed by atoms with Crippen LogP contribution in [-0.2, 0) is 28.6 Å². The van der Waals surface area contributed by atoms with Crippen molar-refractivity contribution in [1.29, 1.82) is 0 Å². The van der Waals surface area contributed by atoms with Crippen molar-refractivity contribution >= 4 is 17.9 Å². The molecule has 1 unspecified atom stereocenters. The largest absolute Gasteiger partial charge is 0.462 e. The lowest BCUT2D eigenvalue weighted by Crippen LogP contribution is -2.30. The summed E-state index contributed by atoms with van der Waals surface area (Å²) >= 11 is 0. The van der Waals surface area contributed by atoms with Gasteiger partial charge in [-0.1, -0.05) is 333 Å². The molecule has 0 aliphatic heterocycles. The molecule has 6 nitrogen and oxygen atoms in total. The summed E-state index contributed by atoms with van der Waals surface area (Å²) < 4.78 is 17.0. The number of ether oxygens (including phenoxy) is 3. The minimum atomic E-state index is -0.776. The van der Waals surface area contributed by atoms with Crippen molar-refractivity contribution in [2.45, 2.75) is 386 Å². The molecule has 0 saturated carbocycles. The number of unbranched alkanes of at least 4 members (excludes halogenated alkanes) is 46. The molecule has 1 atom stereocenters. The Hall–Kier alpha value is -2.63. The predicted octanol–water partition coefficient (Wildman–Crippen LogP) is 24.1. The predicted molar refractivity (Wildman–Crippen MR) is 344 cm³/mol. The summed E-state index contributed by atoms with van der Waals surface area (Å²) in [7, 11) is 0. The standard InChI is InChI=1S/C73H134O6/c1-4-7-10-13-16-19-22-25-27-29-30-31-32-33-34-35-36-37-38-39-40-41-42-44-45-48-51-54-57-60-63-66-72(75)78-69-70(68-77-71(74)65-62-59-56-53-50-47-24-21-18-15-12-9-6-3)79-73(76)67-64-61-58-55-52-49-46-43-28-26-23-20-17-14-11-8-5-2/h8,11,17,20,26,28-30,70H,4-7,9-10,12-16,18-19,21-25,27,31-69H2,1-3H3/b11-8-,20-17-,28-26-,30-29-. The molecule has 0 N–H and O–H groups in total. The van der Waals surface area contributed by atoms with Crippen molar-refractivity contribution in [1.82, 2.24) is 0 Å². The second-order valence-corrected chi connectivity index (χ2v) is 23.8. The molecule has 0 spiro atoms. The second-order valence-electron chi connectivity index (χ2n) is 23.8. The lowest BCUT2D eigenvalue weighted by Gasteiger charge is -2.18. The van der Waals surface area contributed by atoms with Crippen LogP contribution in [0.15, 0.2) is 48.6 Å². The zero-order chi connectivity index (χ0) is 57.1. The quantitative estimate of drug-likeness (QED) is 0.0261. The zero-order valence-corrected chi connectivity index (χ0v) is 53.2. The van der Waals surface area contributed by atoms with Crippen molar-refractivity contribution in [2.24, 2.45) is 0 Å². The second kappa shape index (κ2) is 67.9. The Morgan fingerprint density at radius 1 is 0.266 bits per heavy atom. The number of allylic oxidation sites excluding steroid dienone is 8. The molecule has 79 heavy (non-hydrogen) atoms. The van der Waals surface area contributed by atoms with Gasteiger partial charge in [0, 0.05) is 19.3 Å². The maximum atomic E-state index is 12.9. The summed E-state index contributed by atoms with van der Waals surface area (Å²) in [6, 6.07) is 0. The molecule has 0 aliphatic rings. The summed E-state index contributed by atoms with van der Waals surface area (Å²) in [6.07, 6.45) is 85.8. The first-order valence-electron chi connectivity index (χ1n) is 35.1. The van der Waals surface area contributed by atoms with E-state index in [-0.39, 0.29) is 31.1 Å². The van der Waals surface area contributed by atoms with E-state index >= 15 is 0 Å². The minimum absolute atomic E-state index is 0.0722. The molecule has 0 aliphatic carbocycles. The van der Waals surface area contributed by atoms with Crippen LogP contribution >= 0.6 is 0 Å². The van der Waals surface area contributed by atoms with Gasteiger partial charge in [0.1, 0.15) is 13.2 Å². The van der Waals surface area contributed by atoms with Crippen LogP contribution in [-0.4, -0.2) is 37.2 Å². The van der Waals surface area contributed by atoms with Crippen LogP contribution in [0, 0.1) is 0 Å². The maximum Gasteiger partial charge on any atom is 0.306 e. The first-order valence-corrected chi connectivity index (χ1v) is 35.1. The molecule has 0 bridgehead atoms. The van der Waals surface area contributed by atoms with Gasteiger partial charge in [-0.2, -0.15) is 0 Å². The van der Waals surface area contributed by atoms with Crippen LogP contribution in [0.5, 0.6) is 0 Å².